The van der Waals surface area contributed by atoms with Crippen molar-refractivity contribution < 1.29 is 0 Å². The number of hydrogen-bond donors (Lipinski definition) is 2. The lowest BCUT2D eigenvalue weighted by atomic mass is 10.1. The van der Waals surface area contributed by atoms with Crippen molar-refractivity contribution in [1.29, 1.82) is 0 Å². The summed E-state index contributed by atoms with van der Waals surface area (Å²) < 4.78 is 0. The molecule has 0 radical (unpaired) electrons. The minimum Gasteiger partial charge on any atom is -0.398 e. The number of H-pyrrole nitrogens is 1. The second-order valence-corrected chi connectivity index (χ2v) is 2.97. The normalized spacial score (nSPS) is 10.8. The van der Waals surface area contributed by atoms with Gasteiger partial charge < -0.3 is 10.7 Å². The largest absolute Gasteiger partial charge is 0.398 e. The first-order valence-electron chi connectivity index (χ1n) is 4.16. The van der Waals surface area contributed by atoms with E-state index in [0.29, 0.717) is 0 Å². The first kappa shape index (κ1) is 7.22. The van der Waals surface area contributed by atoms with E-state index in [9.17, 15) is 0 Å². The van der Waals surface area contributed by atoms with Gasteiger partial charge in [0.1, 0.15) is 0 Å². The lowest BCUT2D eigenvalue weighted by Gasteiger charge is -2.01. The van der Waals surface area contributed by atoms with Crippen molar-refractivity contribution >= 4 is 16.6 Å². The molecule has 0 unspecified atom stereocenters. The summed E-state index contributed by atoms with van der Waals surface area (Å²) in [6, 6.07) is 6.17. The summed E-state index contributed by atoms with van der Waals surface area (Å²) in [7, 11) is 0. The van der Waals surface area contributed by atoms with Crippen molar-refractivity contribution in [3.05, 3.63) is 30.0 Å². The molecule has 0 aliphatic heterocycles. The van der Waals surface area contributed by atoms with E-state index in [-0.39, 0.29) is 0 Å². The van der Waals surface area contributed by atoms with E-state index in [0.717, 1.165) is 12.1 Å². The van der Waals surface area contributed by atoms with Gasteiger partial charge in [0, 0.05) is 22.8 Å². The summed E-state index contributed by atoms with van der Waals surface area (Å²) in [5, 5.41) is 1.18. The maximum Gasteiger partial charge on any atom is 0.0458 e. The highest BCUT2D eigenvalue weighted by Gasteiger charge is 1.99. The van der Waals surface area contributed by atoms with Gasteiger partial charge in [-0.15, -0.1) is 0 Å². The molecule has 2 heteroatoms. The number of nitrogen functional groups attached to an aromatic ring is 1. The van der Waals surface area contributed by atoms with Gasteiger partial charge >= 0.3 is 0 Å². The molecule has 0 saturated carbocycles. The lowest BCUT2D eigenvalue weighted by molar-refractivity contribution is 1.15. The first-order valence-corrected chi connectivity index (χ1v) is 4.16. The fourth-order valence-electron chi connectivity index (χ4n) is 1.47. The molecule has 12 heavy (non-hydrogen) atoms. The maximum absolute atomic E-state index is 5.84. The van der Waals surface area contributed by atoms with E-state index in [1.54, 1.807) is 0 Å². The van der Waals surface area contributed by atoms with E-state index in [1.807, 2.05) is 18.3 Å². The molecule has 1 aromatic heterocycles. The number of nitrogens with two attached hydrogens (primary N) is 1. The summed E-state index contributed by atoms with van der Waals surface area (Å²) in [6.07, 6.45) is 2.92. The molecule has 2 aromatic rings. The first-order chi connectivity index (χ1) is 5.81. The SMILES string of the molecule is CCc1cc2[nH]ccc2cc1N. The zero-order chi connectivity index (χ0) is 8.55. The fourth-order valence-corrected chi connectivity index (χ4v) is 1.47. The quantitative estimate of drug-likeness (QED) is 0.617. The van der Waals surface area contributed by atoms with Crippen LogP contribution < -0.4 is 5.73 Å². The van der Waals surface area contributed by atoms with E-state index < -0.39 is 0 Å². The van der Waals surface area contributed by atoms with Crippen LogP contribution in [0.3, 0.4) is 0 Å². The number of benzene rings is 1. The third-order valence-corrected chi connectivity index (χ3v) is 2.19. The Morgan fingerprint density at radius 2 is 2.25 bits per heavy atom. The van der Waals surface area contributed by atoms with E-state index >= 15 is 0 Å². The minimum absolute atomic E-state index is 0.893. The highest BCUT2D eigenvalue weighted by atomic mass is 14.7. The van der Waals surface area contributed by atoms with E-state index in [4.69, 9.17) is 5.73 Å². The molecule has 0 spiro atoms. The van der Waals surface area contributed by atoms with Crippen LogP contribution in [0, 0.1) is 0 Å². The van der Waals surface area contributed by atoms with E-state index in [1.165, 1.54) is 16.5 Å². The number of aromatic amines is 1. The van der Waals surface area contributed by atoms with Crippen LogP contribution in [-0.2, 0) is 6.42 Å². The molecule has 0 aliphatic rings. The Labute approximate surface area is 71.4 Å². The lowest BCUT2D eigenvalue weighted by Crippen LogP contribution is -1.91. The van der Waals surface area contributed by atoms with Gasteiger partial charge in [0.2, 0.25) is 0 Å². The van der Waals surface area contributed by atoms with Gasteiger partial charge in [-0.25, -0.2) is 0 Å². The maximum atomic E-state index is 5.84. The molecular formula is C10H12N2. The Hall–Kier alpha value is -1.44. The van der Waals surface area contributed by atoms with Crippen molar-refractivity contribution in [2.75, 3.05) is 5.73 Å². The molecule has 0 fully saturated rings. The van der Waals surface area contributed by atoms with Crippen LogP contribution >= 0.6 is 0 Å². The van der Waals surface area contributed by atoms with Gasteiger partial charge in [-0.2, -0.15) is 0 Å². The Bertz CT molecular complexity index is 401. The molecule has 0 amide bonds. The van der Waals surface area contributed by atoms with Crippen LogP contribution in [0.25, 0.3) is 10.9 Å². The molecule has 1 aromatic carbocycles. The zero-order valence-electron chi connectivity index (χ0n) is 7.09. The molecular weight excluding hydrogens is 148 g/mol. The monoisotopic (exact) mass is 160 g/mol. The summed E-state index contributed by atoms with van der Waals surface area (Å²) in [4.78, 5) is 3.17. The molecule has 2 nitrogen and oxygen atoms in total. The van der Waals surface area contributed by atoms with Crippen LogP contribution in [-0.4, -0.2) is 4.98 Å². The molecule has 3 N–H and O–H groups in total. The van der Waals surface area contributed by atoms with Crippen molar-refractivity contribution in [2.24, 2.45) is 0 Å². The number of aromatic nitrogens is 1. The van der Waals surface area contributed by atoms with Crippen molar-refractivity contribution in [2.45, 2.75) is 13.3 Å². The van der Waals surface area contributed by atoms with Gasteiger partial charge in [0.25, 0.3) is 0 Å². The van der Waals surface area contributed by atoms with Crippen LogP contribution in [0.15, 0.2) is 24.4 Å². The van der Waals surface area contributed by atoms with Gasteiger partial charge in [-0.05, 0) is 30.2 Å². The topological polar surface area (TPSA) is 41.8 Å². The average molecular weight is 160 g/mol. The van der Waals surface area contributed by atoms with Crippen LogP contribution in [0.4, 0.5) is 5.69 Å². The molecule has 62 valence electrons. The number of aryl methyl sites for hydroxylation is 1. The molecule has 1 heterocycles. The van der Waals surface area contributed by atoms with E-state index in [2.05, 4.69) is 18.0 Å². The number of rotatable bonds is 1. The molecule has 2 rings (SSSR count). The number of fused-ring (bicyclic) bond motifs is 1. The minimum atomic E-state index is 0.893. The smallest absolute Gasteiger partial charge is 0.0458 e. The third kappa shape index (κ3) is 0.961. The van der Waals surface area contributed by atoms with Gasteiger partial charge in [0.05, 0.1) is 0 Å². The van der Waals surface area contributed by atoms with Gasteiger partial charge in [-0.1, -0.05) is 6.92 Å². The van der Waals surface area contributed by atoms with Crippen molar-refractivity contribution in [3.8, 4) is 0 Å². The Balaban J connectivity index is 2.73. The Morgan fingerprint density at radius 1 is 1.42 bits per heavy atom. The molecule has 0 saturated heterocycles. The highest BCUT2D eigenvalue weighted by Crippen LogP contribution is 2.20. The number of hydrogen-bond acceptors (Lipinski definition) is 1. The van der Waals surface area contributed by atoms with Crippen LogP contribution in [0.2, 0.25) is 0 Å². The predicted octanol–water partition coefficient (Wildman–Crippen LogP) is 2.31. The number of anilines is 1. The summed E-state index contributed by atoms with van der Waals surface area (Å²) >= 11 is 0. The average Bonchev–Trinajstić information content (AvgIpc) is 2.49. The van der Waals surface area contributed by atoms with Crippen molar-refractivity contribution in [3.63, 3.8) is 0 Å². The summed E-state index contributed by atoms with van der Waals surface area (Å²) in [5.41, 5.74) is 9.12. The molecule has 0 aliphatic carbocycles. The zero-order valence-corrected chi connectivity index (χ0v) is 7.09. The van der Waals surface area contributed by atoms with Gasteiger partial charge in [-0.3, -0.25) is 0 Å². The second kappa shape index (κ2) is 2.55. The molecule has 0 bridgehead atoms. The number of nitrogens with one attached hydrogen (secondary N) is 1. The predicted molar refractivity (Wildman–Crippen MR) is 52.1 cm³/mol. The van der Waals surface area contributed by atoms with Crippen LogP contribution in [0.1, 0.15) is 12.5 Å². The standard InChI is InChI=1S/C10H12N2/c1-2-7-6-10-8(3-4-12-10)5-9(7)11/h3-6,12H,2,11H2,1H3. The summed E-state index contributed by atoms with van der Waals surface area (Å²) in [5.74, 6) is 0. The Kier molecular flexibility index (Phi) is 1.54. The Morgan fingerprint density at radius 3 is 3.00 bits per heavy atom. The second-order valence-electron chi connectivity index (χ2n) is 2.97. The fraction of sp³-hybridized carbons (Fsp3) is 0.200. The highest BCUT2D eigenvalue weighted by molar-refractivity contribution is 5.84. The molecule has 0 atom stereocenters. The van der Waals surface area contributed by atoms with Crippen molar-refractivity contribution in [1.82, 2.24) is 4.98 Å². The summed E-state index contributed by atoms with van der Waals surface area (Å²) in [6.45, 7) is 2.11. The van der Waals surface area contributed by atoms with Gasteiger partial charge in [0.15, 0.2) is 0 Å². The van der Waals surface area contributed by atoms with Crippen LogP contribution in [0.5, 0.6) is 0 Å². The third-order valence-electron chi connectivity index (χ3n) is 2.19.